The molecule has 2 fully saturated rings. The van der Waals surface area contributed by atoms with E-state index in [0.717, 1.165) is 22.3 Å². The normalized spacial score (nSPS) is 12.7. The summed E-state index contributed by atoms with van der Waals surface area (Å²) in [4.78, 5) is 69.6. The van der Waals surface area contributed by atoms with E-state index in [1.54, 1.807) is 64.4 Å². The van der Waals surface area contributed by atoms with Crippen LogP contribution in [-0.2, 0) is 34.0 Å². The highest BCUT2D eigenvalue weighted by Gasteiger charge is 2.33. The number of carboxylic acids is 3. The van der Waals surface area contributed by atoms with E-state index in [4.69, 9.17) is 65.9 Å². The van der Waals surface area contributed by atoms with Crippen molar-refractivity contribution in [3.63, 3.8) is 0 Å². The number of aromatic carboxylic acids is 2. The number of nitrogens with two attached hydrogens (primary N) is 1. The summed E-state index contributed by atoms with van der Waals surface area (Å²) >= 11 is 26.0. The Morgan fingerprint density at radius 2 is 1.04 bits per heavy atom. The molecule has 21 heteroatoms. The van der Waals surface area contributed by atoms with Crippen molar-refractivity contribution >= 4 is 139 Å². The number of rotatable bonds is 12. The van der Waals surface area contributed by atoms with E-state index in [2.05, 4.69) is 94.6 Å². The lowest BCUT2D eigenvalue weighted by Gasteiger charge is -2.16. The van der Waals surface area contributed by atoms with Gasteiger partial charge in [-0.3, -0.25) is 29.0 Å². The van der Waals surface area contributed by atoms with Gasteiger partial charge in [-0.2, -0.15) is 0 Å². The molecule has 2 amide bonds. The van der Waals surface area contributed by atoms with Crippen molar-refractivity contribution < 1.29 is 52.9 Å². The van der Waals surface area contributed by atoms with E-state index < -0.39 is 17.9 Å². The molecular formula is C60H56ClN3O11S6. The minimum Gasteiger partial charge on any atom is -0.480 e. The molecule has 0 aliphatic carbocycles. The third-order valence-electron chi connectivity index (χ3n) is 11.7. The van der Waals surface area contributed by atoms with Gasteiger partial charge in [0.15, 0.2) is 12.0 Å². The molecule has 5 aromatic carbocycles. The van der Waals surface area contributed by atoms with Gasteiger partial charge in [0.25, 0.3) is 5.91 Å². The molecule has 9 rings (SSSR count). The fraction of sp³-hybridized carbons (Fsp3) is 0.183. The number of aldehydes is 1. The van der Waals surface area contributed by atoms with Crippen LogP contribution in [0.3, 0.4) is 0 Å². The lowest BCUT2D eigenvalue weighted by Crippen LogP contribution is -2.28. The number of thiocarbonyl (C=S) groups is 4. The van der Waals surface area contributed by atoms with Gasteiger partial charge in [-0.25, -0.2) is 9.59 Å². The van der Waals surface area contributed by atoms with Gasteiger partial charge in [0.2, 0.25) is 5.91 Å². The number of hydrogen-bond acceptors (Lipinski definition) is 15. The van der Waals surface area contributed by atoms with Gasteiger partial charge in [-0.05, 0) is 148 Å². The van der Waals surface area contributed by atoms with E-state index in [-0.39, 0.29) is 34.6 Å². The SMILES string of the molecule is Cc1ccc(CN)c(C)c1.Cc1ccc(CN2C(=O)/C(=C/c3ccc(-c4ccc(C(=O)O)cc4)o3)SC2=S)c(C)c1.Cc1ccc(CN2C(=O)CSC2=S)c(C)c1.O=C(O)CCl.O=Cc1ccc(-c2ccc(C(=O)O)cc2)o1.S=C=S. The predicted molar refractivity (Wildman–Crippen MR) is 336 cm³/mol. The lowest BCUT2D eigenvalue weighted by molar-refractivity contribution is -0.134. The second-order valence-corrected chi connectivity index (χ2v) is 21.9. The molecule has 0 unspecified atom stereocenters. The molecule has 2 aromatic heterocycles. The fourth-order valence-corrected chi connectivity index (χ4v) is 9.78. The van der Waals surface area contributed by atoms with Gasteiger partial charge >= 0.3 is 17.9 Å². The number of carboxylic acid groups (broad SMARTS) is 3. The van der Waals surface area contributed by atoms with Gasteiger partial charge < -0.3 is 29.9 Å². The highest BCUT2D eigenvalue weighted by Crippen LogP contribution is 2.35. The zero-order valence-corrected chi connectivity index (χ0v) is 50.4. The highest BCUT2D eigenvalue weighted by atomic mass is 35.5. The van der Waals surface area contributed by atoms with Gasteiger partial charge in [0.05, 0.1) is 34.9 Å². The van der Waals surface area contributed by atoms with Crippen LogP contribution in [0.2, 0.25) is 0 Å². The van der Waals surface area contributed by atoms with Crippen LogP contribution in [-0.4, -0.2) is 85.7 Å². The second kappa shape index (κ2) is 32.9. The minimum absolute atomic E-state index is 0.120. The maximum absolute atomic E-state index is 12.9. The van der Waals surface area contributed by atoms with Gasteiger partial charge in [-0.15, -0.1) is 11.6 Å². The minimum atomic E-state index is -0.980. The van der Waals surface area contributed by atoms with Crippen LogP contribution in [0.1, 0.15) is 87.1 Å². The van der Waals surface area contributed by atoms with Crippen LogP contribution >= 0.6 is 84.0 Å². The summed E-state index contributed by atoms with van der Waals surface area (Å²) in [5, 5.41) is 25.3. The lowest BCUT2D eigenvalue weighted by atomic mass is 10.1. The topological polar surface area (TPSA) is 222 Å². The Balaban J connectivity index is 0.000000239. The Kier molecular flexibility index (Phi) is 26.9. The van der Waals surface area contributed by atoms with E-state index in [1.165, 1.54) is 86.7 Å². The Morgan fingerprint density at radius 3 is 1.40 bits per heavy atom. The summed E-state index contributed by atoms with van der Waals surface area (Å²) in [5.41, 5.74) is 18.2. The molecule has 0 atom stereocenters. The summed E-state index contributed by atoms with van der Waals surface area (Å²) in [6.45, 7) is 14.1. The molecule has 2 aliphatic rings. The van der Waals surface area contributed by atoms with E-state index in [1.807, 2.05) is 30.3 Å². The Bertz CT molecular complexity index is 3460. The first-order chi connectivity index (χ1) is 38.5. The van der Waals surface area contributed by atoms with Crippen molar-refractivity contribution in [2.45, 2.75) is 61.2 Å². The van der Waals surface area contributed by atoms with Crippen LogP contribution in [0.25, 0.3) is 28.7 Å². The maximum Gasteiger partial charge on any atom is 0.335 e. The molecule has 2 saturated heterocycles. The highest BCUT2D eigenvalue weighted by molar-refractivity contribution is 8.26. The number of alkyl halides is 1. The molecule has 5 N–H and O–H groups in total. The average Bonchev–Trinajstić information content (AvgIpc) is 4.30. The van der Waals surface area contributed by atoms with Gasteiger partial charge in [0.1, 0.15) is 31.8 Å². The van der Waals surface area contributed by atoms with Crippen molar-refractivity contribution in [3.8, 4) is 22.6 Å². The van der Waals surface area contributed by atoms with Crippen molar-refractivity contribution in [1.29, 1.82) is 0 Å². The van der Waals surface area contributed by atoms with Gasteiger partial charge in [0, 0.05) is 28.1 Å². The quantitative estimate of drug-likeness (QED) is 0.0386. The molecule has 4 heterocycles. The molecule has 7 aromatic rings. The van der Waals surface area contributed by atoms with E-state index in [0.29, 0.717) is 62.5 Å². The number of thioether (sulfide) groups is 2. The number of aryl methyl sites for hydroxylation is 6. The van der Waals surface area contributed by atoms with Crippen LogP contribution in [0.15, 0.2) is 141 Å². The number of halogens is 1. The first-order valence-electron chi connectivity index (χ1n) is 24.2. The third kappa shape index (κ3) is 20.7. The summed E-state index contributed by atoms with van der Waals surface area (Å²) in [5.74, 6) is -0.854. The van der Waals surface area contributed by atoms with E-state index >= 15 is 0 Å². The van der Waals surface area contributed by atoms with Crippen molar-refractivity contribution in [3.05, 3.63) is 205 Å². The molecule has 0 saturated carbocycles. The van der Waals surface area contributed by atoms with Crippen LogP contribution < -0.4 is 5.73 Å². The number of furan rings is 2. The van der Waals surface area contributed by atoms with Crippen LogP contribution in [0, 0.1) is 41.5 Å². The Labute approximate surface area is 504 Å². The number of benzene rings is 5. The smallest absolute Gasteiger partial charge is 0.335 e. The summed E-state index contributed by atoms with van der Waals surface area (Å²) in [6.07, 6.45) is 2.31. The monoisotopic (exact) mass is 1220 g/mol. The van der Waals surface area contributed by atoms with Crippen molar-refractivity contribution in [2.24, 2.45) is 5.73 Å². The fourth-order valence-electron chi connectivity index (χ4n) is 7.47. The second-order valence-electron chi connectivity index (χ2n) is 17.7. The van der Waals surface area contributed by atoms with Crippen molar-refractivity contribution in [2.75, 3.05) is 11.6 Å². The molecule has 14 nitrogen and oxygen atoms in total. The molecule has 81 heavy (non-hydrogen) atoms. The number of nitrogens with zero attached hydrogens (tertiary/aromatic N) is 2. The first kappa shape index (κ1) is 66.3. The van der Waals surface area contributed by atoms with Crippen molar-refractivity contribution in [1.82, 2.24) is 9.80 Å². The standard InChI is InChI=1S/C24H19NO4S2.C12H13NOS2.C12H8O4.C9H13N.C2H3ClO2.CS2/c1-14-3-4-18(15(2)11-14)13-25-22(26)21(31-24(25)30)12-19-9-10-20(29-19)16-5-7-17(8-6-16)23(27)28;1-8-3-4-10(9(2)5-8)6-13-11(14)7-16-12(13)15;13-7-10-5-6-11(16-10)8-1-3-9(4-2-8)12(14)15;1-7-3-4-9(6-10)8(2)5-7;3-1-2(4)5;2-1-3/h3-12H,13H2,1-2H3,(H,27,28);3-5H,6-7H2,1-2H3;1-7H,(H,14,15);3-5H,6,10H2,1-2H3;1H2,(H,4,5);/b21-12-;;;;;. The molecule has 420 valence electrons. The largest absolute Gasteiger partial charge is 0.480 e. The predicted octanol–water partition coefficient (Wildman–Crippen LogP) is 13.9. The average molecular weight is 1220 g/mol. The van der Waals surface area contributed by atoms with Crippen LogP contribution in [0.5, 0.6) is 0 Å². The number of amides is 2. The molecule has 0 spiro atoms. The molecule has 2 aliphatic heterocycles. The Morgan fingerprint density at radius 1 is 0.630 bits per heavy atom. The zero-order valence-electron chi connectivity index (χ0n) is 44.7. The molecular weight excluding hydrogens is 1170 g/mol. The molecule has 0 bridgehead atoms. The number of aliphatic carboxylic acids is 1. The number of carbonyl (C=O) groups is 6. The summed E-state index contributed by atoms with van der Waals surface area (Å²) in [6, 6.07) is 38.2. The maximum atomic E-state index is 12.9. The third-order valence-corrected chi connectivity index (χ3v) is 14.7. The summed E-state index contributed by atoms with van der Waals surface area (Å²) < 4.78 is 14.2. The molecule has 0 radical (unpaired) electrons. The zero-order chi connectivity index (χ0) is 59.9. The van der Waals surface area contributed by atoms with E-state index in [9.17, 15) is 28.8 Å². The van der Waals surface area contributed by atoms with Gasteiger partial charge in [-0.1, -0.05) is 144 Å². The van der Waals surface area contributed by atoms with Crippen LogP contribution in [0.4, 0.5) is 0 Å². The number of carbonyl (C=O) groups excluding carboxylic acids is 3. The number of hydrogen-bond donors (Lipinski definition) is 4. The Hall–Kier alpha value is -7.23. The summed E-state index contributed by atoms with van der Waals surface area (Å²) in [7, 11) is 0. The first-order valence-corrected chi connectivity index (χ1v) is 28.2.